The minimum atomic E-state index is 0.0908. The van der Waals surface area contributed by atoms with E-state index < -0.39 is 0 Å². The molecule has 4 nitrogen and oxygen atoms in total. The molecule has 0 aromatic heterocycles. The van der Waals surface area contributed by atoms with E-state index in [0.717, 1.165) is 16.8 Å². The molecule has 0 amide bonds. The molecule has 3 rings (SSSR count). The van der Waals surface area contributed by atoms with E-state index in [1.54, 1.807) is 0 Å². The highest BCUT2D eigenvalue weighted by Crippen LogP contribution is 2.21. The number of ketones is 1. The molecule has 0 spiro atoms. The lowest BCUT2D eigenvalue weighted by Gasteiger charge is -2.07. The van der Waals surface area contributed by atoms with Crippen LogP contribution in [0.2, 0.25) is 0 Å². The van der Waals surface area contributed by atoms with E-state index >= 15 is 0 Å². The van der Waals surface area contributed by atoms with Gasteiger partial charge in [0.15, 0.2) is 10.9 Å². The normalized spacial score (nSPS) is 14.9. The lowest BCUT2D eigenvalue weighted by Crippen LogP contribution is -2.25. The number of fused-ring (bicyclic) bond motifs is 1. The Morgan fingerprint density at radius 3 is 2.43 bits per heavy atom. The van der Waals surface area contributed by atoms with Crippen LogP contribution in [0.15, 0.2) is 59.7 Å². The topological polar surface area (TPSA) is 53.5 Å². The highest BCUT2D eigenvalue weighted by molar-refractivity contribution is 7.80. The highest BCUT2D eigenvalue weighted by atomic mass is 32.1. The zero-order valence-corrected chi connectivity index (χ0v) is 12.0. The fourth-order valence-corrected chi connectivity index (χ4v) is 2.38. The molecule has 104 valence electrons. The van der Waals surface area contributed by atoms with Crippen LogP contribution in [0.25, 0.3) is 0 Å². The Balaban J connectivity index is 1.70. The van der Waals surface area contributed by atoms with Crippen LogP contribution in [0, 0.1) is 0 Å². The van der Waals surface area contributed by atoms with Crippen LogP contribution in [0.5, 0.6) is 0 Å². The predicted octanol–water partition coefficient (Wildman–Crippen LogP) is 2.96. The van der Waals surface area contributed by atoms with Gasteiger partial charge in [0.05, 0.1) is 12.1 Å². The Labute approximate surface area is 127 Å². The molecule has 21 heavy (non-hydrogen) atoms. The Bertz CT molecular complexity index is 725. The molecule has 2 N–H and O–H groups in total. The van der Waals surface area contributed by atoms with Crippen molar-refractivity contribution in [3.05, 3.63) is 65.7 Å². The lowest BCUT2D eigenvalue weighted by atomic mass is 10.1. The van der Waals surface area contributed by atoms with Gasteiger partial charge in [-0.05, 0) is 24.4 Å². The van der Waals surface area contributed by atoms with Crippen LogP contribution in [-0.2, 0) is 0 Å². The summed E-state index contributed by atoms with van der Waals surface area (Å²) in [6.45, 7) is 0. The van der Waals surface area contributed by atoms with Gasteiger partial charge in [0, 0.05) is 16.8 Å². The average Bonchev–Trinajstić information content (AvgIpc) is 2.83. The molecule has 5 heteroatoms. The van der Waals surface area contributed by atoms with Crippen molar-refractivity contribution >= 4 is 34.5 Å². The molecule has 0 radical (unpaired) electrons. The van der Waals surface area contributed by atoms with Gasteiger partial charge >= 0.3 is 0 Å². The third-order valence-corrected chi connectivity index (χ3v) is 3.38. The van der Waals surface area contributed by atoms with Crippen molar-refractivity contribution in [2.45, 2.75) is 6.42 Å². The smallest absolute Gasteiger partial charge is 0.191 e. The molecule has 0 saturated heterocycles. The third-order valence-electron chi connectivity index (χ3n) is 3.19. The molecule has 1 aliphatic carbocycles. The van der Waals surface area contributed by atoms with Crippen LogP contribution >= 0.6 is 12.2 Å². The molecule has 0 atom stereocenters. The van der Waals surface area contributed by atoms with Gasteiger partial charge in [-0.2, -0.15) is 5.10 Å². The summed E-state index contributed by atoms with van der Waals surface area (Å²) in [5, 5.41) is 7.68. The number of carbonyl (C=O) groups is 1. The summed E-state index contributed by atoms with van der Waals surface area (Å²) in [6, 6.07) is 17.1. The van der Waals surface area contributed by atoms with Gasteiger partial charge in [0.1, 0.15) is 0 Å². The maximum atomic E-state index is 11.9. The molecular formula is C16H13N3OS. The molecule has 0 aliphatic heterocycles. The van der Waals surface area contributed by atoms with Crippen molar-refractivity contribution in [2.75, 3.05) is 5.32 Å². The first-order valence-electron chi connectivity index (χ1n) is 6.55. The summed E-state index contributed by atoms with van der Waals surface area (Å²) in [5.41, 5.74) is 5.99. The van der Waals surface area contributed by atoms with Crippen LogP contribution in [0.3, 0.4) is 0 Å². The van der Waals surface area contributed by atoms with Crippen molar-refractivity contribution < 1.29 is 4.79 Å². The SMILES string of the molecule is O=C1C/C(=N\NC(=S)Nc2ccccc2)c2ccccc21. The number of nitrogens with zero attached hydrogens (tertiary/aromatic N) is 1. The first kappa shape index (κ1) is 13.5. The van der Waals surface area contributed by atoms with Gasteiger partial charge in [0.25, 0.3) is 0 Å². The number of benzene rings is 2. The minimum absolute atomic E-state index is 0.0908. The zero-order valence-electron chi connectivity index (χ0n) is 11.2. The zero-order chi connectivity index (χ0) is 14.7. The van der Waals surface area contributed by atoms with E-state index in [1.165, 1.54) is 0 Å². The summed E-state index contributed by atoms with van der Waals surface area (Å²) in [5.74, 6) is 0.0908. The van der Waals surface area contributed by atoms with Crippen molar-refractivity contribution in [3.8, 4) is 0 Å². The number of carbonyl (C=O) groups excluding carboxylic acids is 1. The predicted molar refractivity (Wildman–Crippen MR) is 87.7 cm³/mol. The van der Waals surface area contributed by atoms with E-state index in [4.69, 9.17) is 12.2 Å². The first-order valence-corrected chi connectivity index (χ1v) is 6.96. The van der Waals surface area contributed by atoms with Crippen molar-refractivity contribution in [2.24, 2.45) is 5.10 Å². The number of para-hydroxylation sites is 1. The lowest BCUT2D eigenvalue weighted by molar-refractivity contribution is 0.101. The van der Waals surface area contributed by atoms with Gasteiger partial charge in [-0.1, -0.05) is 42.5 Å². The largest absolute Gasteiger partial charge is 0.331 e. The quantitative estimate of drug-likeness (QED) is 0.660. The summed E-state index contributed by atoms with van der Waals surface area (Å²) >= 11 is 5.18. The summed E-state index contributed by atoms with van der Waals surface area (Å²) in [6.07, 6.45) is 0.306. The number of hydrogen-bond acceptors (Lipinski definition) is 3. The molecule has 2 aromatic carbocycles. The standard InChI is InChI=1S/C16H13N3OS/c20-15-10-14(12-8-4-5-9-13(12)15)18-19-16(21)17-11-6-2-1-3-7-11/h1-9H,10H2,(H2,17,19,21)/b18-14+. The fraction of sp³-hybridized carbons (Fsp3) is 0.0625. The molecule has 0 fully saturated rings. The summed E-state index contributed by atoms with van der Waals surface area (Å²) < 4.78 is 0. The second-order valence-electron chi connectivity index (χ2n) is 4.64. The number of rotatable bonds is 2. The molecule has 0 bridgehead atoms. The Morgan fingerprint density at radius 1 is 1.00 bits per heavy atom. The molecule has 0 unspecified atom stereocenters. The number of nitrogens with one attached hydrogen (secondary N) is 2. The van der Waals surface area contributed by atoms with E-state index in [0.29, 0.717) is 17.2 Å². The number of anilines is 1. The van der Waals surface area contributed by atoms with Gasteiger partial charge in [-0.25, -0.2) is 0 Å². The molecular weight excluding hydrogens is 282 g/mol. The number of Topliss-reactive ketones (excluding diaryl/α,β-unsaturated/α-hetero) is 1. The van der Waals surface area contributed by atoms with Gasteiger partial charge in [-0.15, -0.1) is 0 Å². The maximum Gasteiger partial charge on any atom is 0.191 e. The van der Waals surface area contributed by atoms with E-state index in [1.807, 2.05) is 54.6 Å². The highest BCUT2D eigenvalue weighted by Gasteiger charge is 2.24. The van der Waals surface area contributed by atoms with Crippen LogP contribution in [-0.4, -0.2) is 16.6 Å². The Kier molecular flexibility index (Phi) is 3.75. The Morgan fingerprint density at radius 2 is 1.67 bits per heavy atom. The second kappa shape index (κ2) is 5.85. The second-order valence-corrected chi connectivity index (χ2v) is 5.04. The summed E-state index contributed by atoms with van der Waals surface area (Å²) in [7, 11) is 0. The first-order chi connectivity index (χ1) is 10.2. The van der Waals surface area contributed by atoms with E-state index in [9.17, 15) is 4.79 Å². The van der Waals surface area contributed by atoms with Crippen molar-refractivity contribution in [1.29, 1.82) is 0 Å². The summed E-state index contributed by atoms with van der Waals surface area (Å²) in [4.78, 5) is 11.9. The third kappa shape index (κ3) is 2.98. The van der Waals surface area contributed by atoms with E-state index in [-0.39, 0.29) is 5.78 Å². The molecule has 2 aromatic rings. The maximum absolute atomic E-state index is 11.9. The minimum Gasteiger partial charge on any atom is -0.331 e. The monoisotopic (exact) mass is 295 g/mol. The van der Waals surface area contributed by atoms with Crippen LogP contribution in [0.1, 0.15) is 22.3 Å². The van der Waals surface area contributed by atoms with Gasteiger partial charge in [-0.3, -0.25) is 10.2 Å². The van der Waals surface area contributed by atoms with Gasteiger partial charge < -0.3 is 5.32 Å². The van der Waals surface area contributed by atoms with Crippen molar-refractivity contribution in [1.82, 2.24) is 5.43 Å². The Hall–Kier alpha value is -2.53. The molecule has 0 saturated carbocycles. The molecule has 0 heterocycles. The number of hydrazone groups is 1. The number of hydrogen-bond donors (Lipinski definition) is 2. The fourth-order valence-electron chi connectivity index (χ4n) is 2.22. The van der Waals surface area contributed by atoms with Gasteiger partial charge in [0.2, 0.25) is 0 Å². The van der Waals surface area contributed by atoms with Crippen molar-refractivity contribution in [3.63, 3.8) is 0 Å². The molecule has 1 aliphatic rings. The average molecular weight is 295 g/mol. The van der Waals surface area contributed by atoms with E-state index in [2.05, 4.69) is 15.8 Å². The number of thiocarbonyl (C=S) groups is 1. The van der Waals surface area contributed by atoms with Crippen LogP contribution in [0.4, 0.5) is 5.69 Å². The van der Waals surface area contributed by atoms with Crippen LogP contribution < -0.4 is 10.7 Å².